The molecule has 5 nitrogen and oxygen atoms in total. The van der Waals surface area contributed by atoms with Gasteiger partial charge in [0.2, 0.25) is 0 Å². The minimum absolute atomic E-state index is 0.101. The summed E-state index contributed by atoms with van der Waals surface area (Å²) in [4.78, 5) is 13.4. The third kappa shape index (κ3) is 3.29. The van der Waals surface area contributed by atoms with Gasteiger partial charge in [0, 0.05) is 17.3 Å². The molecule has 2 aromatic rings. The van der Waals surface area contributed by atoms with Crippen molar-refractivity contribution in [1.82, 2.24) is 14.7 Å². The summed E-state index contributed by atoms with van der Waals surface area (Å²) in [6.07, 6.45) is 4.34. The molecule has 0 amide bonds. The van der Waals surface area contributed by atoms with E-state index in [0.29, 0.717) is 6.04 Å². The number of carboxylic acid groups (broad SMARTS) is 1. The highest BCUT2D eigenvalue weighted by Crippen LogP contribution is 2.28. The van der Waals surface area contributed by atoms with Gasteiger partial charge in [-0.2, -0.15) is 5.10 Å². The monoisotopic (exact) mass is 313 g/mol. The van der Waals surface area contributed by atoms with Gasteiger partial charge in [-0.1, -0.05) is 24.3 Å². The average molecular weight is 313 g/mol. The minimum Gasteiger partial charge on any atom is -0.480 e. The molecule has 0 bridgehead atoms. The van der Waals surface area contributed by atoms with Crippen LogP contribution in [-0.4, -0.2) is 38.8 Å². The van der Waals surface area contributed by atoms with Crippen molar-refractivity contribution in [2.45, 2.75) is 39.3 Å². The first-order valence-corrected chi connectivity index (χ1v) is 8.15. The van der Waals surface area contributed by atoms with Gasteiger partial charge in [-0.15, -0.1) is 0 Å². The number of nitrogens with zero attached hydrogens (tertiary/aromatic N) is 3. The topological polar surface area (TPSA) is 58.4 Å². The molecule has 1 aliphatic heterocycles. The zero-order chi connectivity index (χ0) is 16.4. The zero-order valence-electron chi connectivity index (χ0n) is 13.7. The summed E-state index contributed by atoms with van der Waals surface area (Å²) in [6.45, 7) is 6.44. The van der Waals surface area contributed by atoms with Crippen molar-refractivity contribution >= 4 is 5.97 Å². The number of benzene rings is 1. The van der Waals surface area contributed by atoms with E-state index in [9.17, 15) is 4.79 Å². The number of rotatable bonds is 5. The molecule has 1 aromatic carbocycles. The second kappa shape index (κ2) is 6.54. The van der Waals surface area contributed by atoms with Crippen LogP contribution in [0.25, 0.3) is 11.1 Å². The van der Waals surface area contributed by atoms with Crippen LogP contribution in [0.3, 0.4) is 0 Å². The molecule has 3 rings (SSSR count). The number of hydrogen-bond acceptors (Lipinski definition) is 3. The van der Waals surface area contributed by atoms with Gasteiger partial charge in [0.15, 0.2) is 0 Å². The molecule has 0 radical (unpaired) electrons. The number of aromatic nitrogens is 2. The lowest BCUT2D eigenvalue weighted by Crippen LogP contribution is -2.23. The Morgan fingerprint density at radius 3 is 2.52 bits per heavy atom. The molecule has 1 saturated heterocycles. The van der Waals surface area contributed by atoms with Gasteiger partial charge in [-0.05, 0) is 50.9 Å². The molecular weight excluding hydrogens is 290 g/mol. The zero-order valence-corrected chi connectivity index (χ0v) is 13.7. The van der Waals surface area contributed by atoms with E-state index in [2.05, 4.69) is 41.2 Å². The predicted octanol–water partition coefficient (Wildman–Crippen LogP) is 3.10. The fraction of sp³-hybridized carbons (Fsp3) is 0.444. The maximum Gasteiger partial charge on any atom is 0.325 e. The fourth-order valence-electron chi connectivity index (χ4n) is 3.30. The Bertz CT molecular complexity index is 685. The quantitative estimate of drug-likeness (QED) is 0.921. The molecule has 0 saturated carbocycles. The van der Waals surface area contributed by atoms with Crippen molar-refractivity contribution in [2.24, 2.45) is 0 Å². The van der Waals surface area contributed by atoms with Crippen molar-refractivity contribution < 1.29 is 9.90 Å². The van der Waals surface area contributed by atoms with E-state index in [1.165, 1.54) is 36.2 Å². The summed E-state index contributed by atoms with van der Waals surface area (Å²) >= 11 is 0. The number of aliphatic carboxylic acids is 1. The Labute approximate surface area is 136 Å². The summed E-state index contributed by atoms with van der Waals surface area (Å²) in [5.41, 5.74) is 4.28. The number of carboxylic acids is 1. The molecule has 0 unspecified atom stereocenters. The van der Waals surface area contributed by atoms with E-state index in [-0.39, 0.29) is 6.54 Å². The highest BCUT2D eigenvalue weighted by Gasteiger charge is 2.19. The lowest BCUT2D eigenvalue weighted by atomic mass is 10.0. The highest BCUT2D eigenvalue weighted by molar-refractivity contribution is 5.69. The van der Waals surface area contributed by atoms with E-state index in [1.54, 1.807) is 6.20 Å². The summed E-state index contributed by atoms with van der Waals surface area (Å²) in [7, 11) is 0. The van der Waals surface area contributed by atoms with Crippen LogP contribution in [-0.2, 0) is 11.3 Å². The van der Waals surface area contributed by atoms with Crippen molar-refractivity contribution in [3.8, 4) is 11.1 Å². The number of hydrogen-bond donors (Lipinski definition) is 1. The van der Waals surface area contributed by atoms with Crippen molar-refractivity contribution in [3.05, 3.63) is 41.7 Å². The van der Waals surface area contributed by atoms with Crippen molar-refractivity contribution in [3.63, 3.8) is 0 Å². The Balaban J connectivity index is 1.79. The van der Waals surface area contributed by atoms with E-state index in [1.807, 2.05) is 6.92 Å². The van der Waals surface area contributed by atoms with Gasteiger partial charge in [0.25, 0.3) is 0 Å². The number of carbonyl (C=O) groups is 1. The van der Waals surface area contributed by atoms with Crippen LogP contribution in [0.1, 0.15) is 37.1 Å². The molecule has 1 aromatic heterocycles. The Morgan fingerprint density at radius 2 is 1.91 bits per heavy atom. The number of likely N-dealkylation sites (tertiary alicyclic amines) is 1. The smallest absolute Gasteiger partial charge is 0.325 e. The van der Waals surface area contributed by atoms with Crippen LogP contribution < -0.4 is 0 Å². The third-order valence-electron chi connectivity index (χ3n) is 4.78. The fourth-order valence-corrected chi connectivity index (χ4v) is 3.30. The first-order valence-electron chi connectivity index (χ1n) is 8.15. The van der Waals surface area contributed by atoms with Crippen LogP contribution in [0.4, 0.5) is 0 Å². The van der Waals surface area contributed by atoms with Gasteiger partial charge >= 0.3 is 5.97 Å². The molecule has 0 spiro atoms. The first kappa shape index (κ1) is 15.7. The van der Waals surface area contributed by atoms with Crippen LogP contribution in [0.15, 0.2) is 30.5 Å². The van der Waals surface area contributed by atoms with Gasteiger partial charge in [0.05, 0.1) is 6.20 Å². The van der Waals surface area contributed by atoms with Crippen LogP contribution in [0.5, 0.6) is 0 Å². The Kier molecular flexibility index (Phi) is 4.48. The maximum absolute atomic E-state index is 10.8. The highest BCUT2D eigenvalue weighted by atomic mass is 16.4. The van der Waals surface area contributed by atoms with Gasteiger partial charge in [-0.25, -0.2) is 0 Å². The van der Waals surface area contributed by atoms with Crippen LogP contribution in [0, 0.1) is 6.92 Å². The third-order valence-corrected chi connectivity index (χ3v) is 4.78. The van der Waals surface area contributed by atoms with Crippen molar-refractivity contribution in [2.75, 3.05) is 13.1 Å². The lowest BCUT2D eigenvalue weighted by molar-refractivity contribution is -0.137. The second-order valence-corrected chi connectivity index (χ2v) is 6.24. The summed E-state index contributed by atoms with van der Waals surface area (Å²) in [6, 6.07) is 9.01. The summed E-state index contributed by atoms with van der Waals surface area (Å²) in [5.74, 6) is -0.877. The largest absolute Gasteiger partial charge is 0.480 e. The molecule has 2 heterocycles. The average Bonchev–Trinajstić information content (AvgIpc) is 3.18. The predicted molar refractivity (Wildman–Crippen MR) is 89.3 cm³/mol. The Morgan fingerprint density at radius 1 is 1.26 bits per heavy atom. The molecule has 1 N–H and O–H groups in total. The first-order chi connectivity index (χ1) is 11.1. The van der Waals surface area contributed by atoms with Gasteiger partial charge < -0.3 is 5.11 Å². The standard InChI is InChI=1S/C18H23N3O2/c1-13(20-9-3-4-10-20)15-5-7-16(8-6-15)17-11-19-21(14(17)2)12-18(22)23/h5-8,11,13H,3-4,9-10,12H2,1-2H3,(H,22,23)/t13-/m0/s1. The Hall–Kier alpha value is -2.14. The van der Waals surface area contributed by atoms with E-state index < -0.39 is 5.97 Å². The molecule has 1 atom stereocenters. The molecule has 23 heavy (non-hydrogen) atoms. The second-order valence-electron chi connectivity index (χ2n) is 6.24. The molecule has 1 fully saturated rings. The lowest BCUT2D eigenvalue weighted by Gasteiger charge is -2.24. The molecular formula is C18H23N3O2. The molecule has 0 aliphatic carbocycles. The van der Waals surface area contributed by atoms with Gasteiger partial charge in [0.1, 0.15) is 6.54 Å². The minimum atomic E-state index is -0.877. The van der Waals surface area contributed by atoms with Gasteiger partial charge in [-0.3, -0.25) is 14.4 Å². The molecule has 1 aliphatic rings. The summed E-state index contributed by atoms with van der Waals surface area (Å²) < 4.78 is 1.53. The maximum atomic E-state index is 10.8. The molecule has 122 valence electrons. The van der Waals surface area contributed by atoms with E-state index in [0.717, 1.165) is 16.8 Å². The van der Waals surface area contributed by atoms with Crippen molar-refractivity contribution in [1.29, 1.82) is 0 Å². The van der Waals surface area contributed by atoms with E-state index in [4.69, 9.17) is 5.11 Å². The summed E-state index contributed by atoms with van der Waals surface area (Å²) in [5, 5.41) is 13.1. The SMILES string of the molecule is Cc1c(-c2ccc([C@H](C)N3CCCC3)cc2)cnn1CC(=O)O. The normalized spacial score (nSPS) is 16.6. The van der Waals surface area contributed by atoms with Crippen LogP contribution >= 0.6 is 0 Å². The van der Waals surface area contributed by atoms with Crippen LogP contribution in [0.2, 0.25) is 0 Å². The van der Waals surface area contributed by atoms with E-state index >= 15 is 0 Å². The molecule has 5 heteroatoms.